The molecule has 12 nitrogen and oxygen atoms in total. The monoisotopic (exact) mass is 552 g/mol. The number of phenolic OH excluding ortho intramolecular Hbond substituents is 1. The maximum atomic E-state index is 12.1. The molecule has 0 aromatic heterocycles. The summed E-state index contributed by atoms with van der Waals surface area (Å²) < 4.78 is 94.8. The van der Waals surface area contributed by atoms with Crippen molar-refractivity contribution in [3.05, 3.63) is 60.7 Å². The van der Waals surface area contributed by atoms with Gasteiger partial charge in [0.15, 0.2) is 5.75 Å². The van der Waals surface area contributed by atoms with Crippen LogP contribution in [0.5, 0.6) is 5.75 Å². The van der Waals surface area contributed by atoms with E-state index in [-0.39, 0.29) is 37.0 Å². The first kappa shape index (κ1) is 25.6. The third-order valence-corrected chi connectivity index (χ3v) is 8.25. The van der Waals surface area contributed by atoms with Crippen molar-refractivity contribution in [3.63, 3.8) is 0 Å². The van der Waals surface area contributed by atoms with Crippen LogP contribution >= 0.6 is 0 Å². The van der Waals surface area contributed by atoms with E-state index in [1.165, 1.54) is 24.3 Å². The molecule has 0 saturated heterocycles. The fourth-order valence-electron chi connectivity index (χ4n) is 3.55. The van der Waals surface area contributed by atoms with Gasteiger partial charge in [0.2, 0.25) is 0 Å². The molecule has 0 bridgehead atoms. The number of benzene rings is 4. The van der Waals surface area contributed by atoms with Crippen molar-refractivity contribution in [3.8, 4) is 5.75 Å². The summed E-state index contributed by atoms with van der Waals surface area (Å²) in [5, 5.41) is 19.0. The van der Waals surface area contributed by atoms with Crippen molar-refractivity contribution in [2.75, 3.05) is 7.11 Å². The van der Waals surface area contributed by atoms with Crippen molar-refractivity contribution in [2.24, 2.45) is 10.2 Å². The molecule has 0 atom stereocenters. The Morgan fingerprint density at radius 2 is 1.36 bits per heavy atom. The number of phenols is 1. The quantitative estimate of drug-likeness (QED) is 0.179. The Morgan fingerprint density at radius 1 is 0.722 bits per heavy atom. The second kappa shape index (κ2) is 8.88. The molecular formula is C21H16N2O10S3. The summed E-state index contributed by atoms with van der Waals surface area (Å²) >= 11 is 0. The molecule has 0 fully saturated rings. The molecule has 0 amide bonds. The number of hydrogen-bond donors (Lipinski definition) is 3. The van der Waals surface area contributed by atoms with Crippen LogP contribution in [0, 0.1) is 0 Å². The normalized spacial score (nSPS) is 13.1. The summed E-state index contributed by atoms with van der Waals surface area (Å²) in [5.74, 6) is -0.949. The Bertz CT molecular complexity index is 1900. The van der Waals surface area contributed by atoms with Crippen LogP contribution in [0.3, 0.4) is 0 Å². The molecule has 3 N–H and O–H groups in total. The van der Waals surface area contributed by atoms with Crippen molar-refractivity contribution in [1.82, 2.24) is 0 Å². The van der Waals surface area contributed by atoms with Crippen LogP contribution in [-0.4, -0.2) is 46.6 Å². The van der Waals surface area contributed by atoms with Gasteiger partial charge in [-0.3, -0.25) is 13.3 Å². The SMILES string of the molecule is COS(=O)(=O)c1ccc2c(N=Nc3ccc(S(=O)(=O)O)c4ccccc34)c(O)c(S(=O)(=O)O)cc2c1. The minimum Gasteiger partial charge on any atom is -0.504 e. The first-order valence-corrected chi connectivity index (χ1v) is 14.0. The second-order valence-corrected chi connectivity index (χ2v) is 11.8. The summed E-state index contributed by atoms with van der Waals surface area (Å²) in [6.07, 6.45) is 0. The van der Waals surface area contributed by atoms with E-state index >= 15 is 0 Å². The predicted molar refractivity (Wildman–Crippen MR) is 128 cm³/mol. The molecular weight excluding hydrogens is 536 g/mol. The number of aromatic hydroxyl groups is 1. The molecule has 0 radical (unpaired) electrons. The minimum absolute atomic E-state index is 0.0286. The molecule has 4 aromatic rings. The van der Waals surface area contributed by atoms with Gasteiger partial charge in [-0.2, -0.15) is 25.3 Å². The van der Waals surface area contributed by atoms with E-state index in [1.807, 2.05) is 0 Å². The Labute approximate surface area is 205 Å². The highest BCUT2D eigenvalue weighted by Gasteiger charge is 2.23. The summed E-state index contributed by atoms with van der Waals surface area (Å²) in [6, 6.07) is 12.7. The van der Waals surface area contributed by atoms with Crippen LogP contribution in [0.4, 0.5) is 11.4 Å². The molecule has 0 spiro atoms. The summed E-state index contributed by atoms with van der Waals surface area (Å²) in [4.78, 5) is -1.63. The van der Waals surface area contributed by atoms with Gasteiger partial charge < -0.3 is 5.11 Å². The van der Waals surface area contributed by atoms with Crippen molar-refractivity contribution in [2.45, 2.75) is 14.7 Å². The maximum Gasteiger partial charge on any atom is 0.298 e. The van der Waals surface area contributed by atoms with Gasteiger partial charge >= 0.3 is 0 Å². The van der Waals surface area contributed by atoms with Crippen molar-refractivity contribution >= 4 is 63.3 Å². The van der Waals surface area contributed by atoms with Crippen LogP contribution in [0.15, 0.2) is 85.6 Å². The Morgan fingerprint density at radius 3 is 1.97 bits per heavy atom. The highest BCUT2D eigenvalue weighted by atomic mass is 32.2. The maximum absolute atomic E-state index is 12.1. The first-order valence-electron chi connectivity index (χ1n) is 9.73. The van der Waals surface area contributed by atoms with Gasteiger partial charge in [-0.25, -0.2) is 0 Å². The van der Waals surface area contributed by atoms with Crippen LogP contribution in [0.2, 0.25) is 0 Å². The first-order chi connectivity index (χ1) is 16.7. The number of rotatable bonds is 6. The van der Waals surface area contributed by atoms with Gasteiger partial charge in [-0.05, 0) is 35.7 Å². The Hall–Kier alpha value is -3.47. The van der Waals surface area contributed by atoms with Gasteiger partial charge in [0.1, 0.15) is 15.5 Å². The number of fused-ring (bicyclic) bond motifs is 2. The smallest absolute Gasteiger partial charge is 0.298 e. The molecule has 36 heavy (non-hydrogen) atoms. The van der Waals surface area contributed by atoms with Gasteiger partial charge in [-0.1, -0.05) is 30.3 Å². The lowest BCUT2D eigenvalue weighted by molar-refractivity contribution is 0.398. The summed E-state index contributed by atoms with van der Waals surface area (Å²) in [6.45, 7) is 0. The fraction of sp³-hybridized carbons (Fsp3) is 0.0476. The molecule has 0 aliphatic carbocycles. The highest BCUT2D eigenvalue weighted by molar-refractivity contribution is 7.87. The largest absolute Gasteiger partial charge is 0.504 e. The average molecular weight is 553 g/mol. The van der Waals surface area contributed by atoms with Gasteiger partial charge in [0, 0.05) is 16.2 Å². The highest BCUT2D eigenvalue weighted by Crippen LogP contribution is 2.42. The molecule has 0 aliphatic rings. The van der Waals surface area contributed by atoms with E-state index in [0.717, 1.165) is 31.4 Å². The fourth-order valence-corrected chi connectivity index (χ4v) is 5.56. The van der Waals surface area contributed by atoms with Crippen LogP contribution in [-0.2, 0) is 34.5 Å². The zero-order valence-electron chi connectivity index (χ0n) is 18.1. The molecule has 0 unspecified atom stereocenters. The van der Waals surface area contributed by atoms with E-state index < -0.39 is 46.7 Å². The predicted octanol–water partition coefficient (Wildman–Crippen LogP) is 3.94. The molecule has 4 rings (SSSR count). The number of nitrogens with zero attached hydrogens (tertiary/aromatic N) is 2. The van der Waals surface area contributed by atoms with Gasteiger partial charge in [-0.15, -0.1) is 10.2 Å². The molecule has 0 saturated carbocycles. The van der Waals surface area contributed by atoms with E-state index in [9.17, 15) is 39.5 Å². The summed E-state index contributed by atoms with van der Waals surface area (Å²) in [7, 11) is -12.7. The lowest BCUT2D eigenvalue weighted by Crippen LogP contribution is -2.03. The molecule has 0 heterocycles. The Balaban J connectivity index is 1.99. The third-order valence-electron chi connectivity index (χ3n) is 5.21. The van der Waals surface area contributed by atoms with Crippen molar-refractivity contribution in [1.29, 1.82) is 0 Å². The van der Waals surface area contributed by atoms with Gasteiger partial charge in [0.25, 0.3) is 30.4 Å². The topological polar surface area (TPSA) is 197 Å². The van der Waals surface area contributed by atoms with Crippen LogP contribution in [0.25, 0.3) is 21.5 Å². The summed E-state index contributed by atoms with van der Waals surface area (Å²) in [5.41, 5.74) is -0.314. The van der Waals surface area contributed by atoms with E-state index in [1.54, 1.807) is 12.1 Å². The van der Waals surface area contributed by atoms with E-state index in [0.29, 0.717) is 0 Å². The number of hydrogen-bond acceptors (Lipinski definition) is 10. The average Bonchev–Trinajstić information content (AvgIpc) is 2.81. The molecule has 188 valence electrons. The zero-order chi connectivity index (χ0) is 26.5. The minimum atomic E-state index is -4.97. The standard InChI is InChI=1S/C21H16N2O10S3/c1-33-36(31,32)13-6-7-14-12(10-13)11-19(35(28,29)30)21(24)20(14)23-22-17-8-9-18(34(25,26)27)16-5-3-2-4-15(16)17/h2-11,24H,1H3,(H,25,26,27)(H,28,29,30). The van der Waals surface area contributed by atoms with Crippen LogP contribution < -0.4 is 0 Å². The Kier molecular flexibility index (Phi) is 6.32. The molecule has 4 aromatic carbocycles. The lowest BCUT2D eigenvalue weighted by Gasteiger charge is -2.10. The number of azo groups is 1. The van der Waals surface area contributed by atoms with E-state index in [2.05, 4.69) is 14.4 Å². The second-order valence-electron chi connectivity index (χ2n) is 7.35. The van der Waals surface area contributed by atoms with Crippen molar-refractivity contribution < 1.29 is 43.6 Å². The van der Waals surface area contributed by atoms with Crippen LogP contribution in [0.1, 0.15) is 0 Å². The van der Waals surface area contributed by atoms with Gasteiger partial charge in [0.05, 0.1) is 17.7 Å². The van der Waals surface area contributed by atoms with E-state index in [4.69, 9.17) is 0 Å². The molecule has 0 aliphatic heterocycles. The third kappa shape index (κ3) is 4.67. The lowest BCUT2D eigenvalue weighted by atomic mass is 10.1. The molecule has 15 heteroatoms. The zero-order valence-corrected chi connectivity index (χ0v) is 20.5.